The molecule has 1 aromatic heterocycles. The number of aromatic hydroxyl groups is 2. The van der Waals surface area contributed by atoms with Crippen LogP contribution in [-0.4, -0.2) is 26.1 Å². The van der Waals surface area contributed by atoms with Crippen molar-refractivity contribution in [1.82, 2.24) is 9.66 Å². The Kier molecular flexibility index (Phi) is 5.17. The Labute approximate surface area is 172 Å². The Morgan fingerprint density at radius 2 is 1.80 bits per heavy atom. The van der Waals surface area contributed by atoms with E-state index in [0.29, 0.717) is 28.0 Å². The lowest BCUT2D eigenvalue weighted by atomic mass is 10.2. The molecule has 0 saturated heterocycles. The van der Waals surface area contributed by atoms with Gasteiger partial charge in [-0.25, -0.2) is 4.98 Å². The molecule has 0 bridgehead atoms. The smallest absolute Gasteiger partial charge is 0.282 e. The highest BCUT2D eigenvalue weighted by molar-refractivity contribution is 5.81. The van der Waals surface area contributed by atoms with Crippen LogP contribution in [0.5, 0.6) is 17.2 Å². The van der Waals surface area contributed by atoms with Crippen molar-refractivity contribution in [3.63, 3.8) is 0 Å². The predicted octanol–water partition coefficient (Wildman–Crippen LogP) is 3.58. The van der Waals surface area contributed by atoms with Crippen molar-refractivity contribution >= 4 is 17.1 Å². The Morgan fingerprint density at radius 1 is 1.03 bits per heavy atom. The van der Waals surface area contributed by atoms with Gasteiger partial charge in [0.05, 0.1) is 17.1 Å². The molecule has 0 spiro atoms. The second kappa shape index (κ2) is 8.08. The lowest BCUT2D eigenvalue weighted by Gasteiger charge is -2.12. The molecule has 4 rings (SSSR count). The van der Waals surface area contributed by atoms with E-state index in [-0.39, 0.29) is 23.7 Å². The topological polar surface area (TPSA) is 96.9 Å². The summed E-state index contributed by atoms with van der Waals surface area (Å²) in [6.45, 7) is 1.98. The molecular weight excluding hydrogens is 382 g/mol. The molecule has 7 heteroatoms. The molecule has 0 radical (unpaired) electrons. The number of hydrogen-bond donors (Lipinski definition) is 2. The van der Waals surface area contributed by atoms with Gasteiger partial charge in [0, 0.05) is 0 Å². The number of hydrogen-bond acceptors (Lipinski definition) is 6. The number of aryl methyl sites for hydroxylation is 1. The molecule has 1 heterocycles. The van der Waals surface area contributed by atoms with Gasteiger partial charge in [-0.2, -0.15) is 9.78 Å². The molecule has 30 heavy (non-hydrogen) atoms. The minimum Gasteiger partial charge on any atom is -0.504 e. The average Bonchev–Trinajstić information content (AvgIpc) is 2.75. The minimum atomic E-state index is -0.330. The van der Waals surface area contributed by atoms with E-state index in [1.807, 2.05) is 37.3 Å². The predicted molar refractivity (Wildman–Crippen MR) is 114 cm³/mol. The Morgan fingerprint density at radius 3 is 2.60 bits per heavy atom. The normalized spacial score (nSPS) is 11.2. The maximum absolute atomic E-state index is 13.0. The van der Waals surface area contributed by atoms with Crippen LogP contribution in [0.25, 0.3) is 10.9 Å². The molecule has 2 N–H and O–H groups in total. The van der Waals surface area contributed by atoms with Gasteiger partial charge in [0.15, 0.2) is 17.3 Å². The van der Waals surface area contributed by atoms with Gasteiger partial charge in [0.1, 0.15) is 12.4 Å². The van der Waals surface area contributed by atoms with Gasteiger partial charge in [-0.15, -0.1) is 0 Å². The summed E-state index contributed by atoms with van der Waals surface area (Å²) in [4.78, 5) is 17.6. The standard InChI is InChI=1S/C23H19N3O4/c1-15-6-2-5-9-21(15)30-14-22-25-18-8-4-3-7-17(18)23(29)26(22)24-13-16-10-11-19(27)20(28)12-16/h2-13,27-28H,14H2,1H3/b24-13+. The van der Waals surface area contributed by atoms with Crippen LogP contribution in [0.15, 0.2) is 76.6 Å². The number of fused-ring (bicyclic) bond motifs is 1. The van der Waals surface area contributed by atoms with Crippen molar-refractivity contribution in [2.24, 2.45) is 5.10 Å². The van der Waals surface area contributed by atoms with Crippen LogP contribution >= 0.6 is 0 Å². The molecule has 0 atom stereocenters. The molecule has 7 nitrogen and oxygen atoms in total. The summed E-state index contributed by atoms with van der Waals surface area (Å²) >= 11 is 0. The van der Waals surface area contributed by atoms with Gasteiger partial charge < -0.3 is 14.9 Å². The molecule has 0 saturated carbocycles. The largest absolute Gasteiger partial charge is 0.504 e. The van der Waals surface area contributed by atoms with Crippen LogP contribution in [0.3, 0.4) is 0 Å². The van der Waals surface area contributed by atoms with Crippen LogP contribution in [0.2, 0.25) is 0 Å². The summed E-state index contributed by atoms with van der Waals surface area (Å²) in [5.74, 6) is 0.523. The highest BCUT2D eigenvalue weighted by Crippen LogP contribution is 2.24. The van der Waals surface area contributed by atoms with E-state index in [1.54, 1.807) is 24.3 Å². The quantitative estimate of drug-likeness (QED) is 0.394. The monoisotopic (exact) mass is 401 g/mol. The number of ether oxygens (including phenoxy) is 1. The minimum absolute atomic E-state index is 0.0447. The lowest BCUT2D eigenvalue weighted by Crippen LogP contribution is -2.23. The molecule has 3 aromatic carbocycles. The van der Waals surface area contributed by atoms with Crippen molar-refractivity contribution in [2.45, 2.75) is 13.5 Å². The van der Waals surface area contributed by atoms with Crippen LogP contribution < -0.4 is 10.3 Å². The van der Waals surface area contributed by atoms with Gasteiger partial charge in [-0.3, -0.25) is 4.79 Å². The summed E-state index contributed by atoms with van der Waals surface area (Å²) in [7, 11) is 0. The van der Waals surface area contributed by atoms with Crippen molar-refractivity contribution in [1.29, 1.82) is 0 Å². The number of phenolic OH excluding ortho intramolecular Hbond substituents is 2. The maximum atomic E-state index is 13.0. The van der Waals surface area contributed by atoms with E-state index < -0.39 is 0 Å². The summed E-state index contributed by atoms with van der Waals surface area (Å²) in [5.41, 5.74) is 1.70. The molecule has 4 aromatic rings. The molecule has 0 aliphatic rings. The fraction of sp³-hybridized carbons (Fsp3) is 0.0870. The van der Waals surface area contributed by atoms with E-state index in [0.717, 1.165) is 5.56 Å². The second-order valence-corrected chi connectivity index (χ2v) is 6.71. The molecule has 0 aliphatic carbocycles. The summed E-state index contributed by atoms with van der Waals surface area (Å²) in [6.07, 6.45) is 1.41. The molecule has 0 unspecified atom stereocenters. The van der Waals surface area contributed by atoms with E-state index in [2.05, 4.69) is 10.1 Å². The first kappa shape index (κ1) is 19.2. The number of nitrogens with zero attached hydrogens (tertiary/aromatic N) is 3. The molecule has 0 fully saturated rings. The van der Waals surface area contributed by atoms with E-state index >= 15 is 0 Å². The van der Waals surface area contributed by atoms with Crippen LogP contribution in [0, 0.1) is 6.92 Å². The second-order valence-electron chi connectivity index (χ2n) is 6.71. The fourth-order valence-corrected chi connectivity index (χ4v) is 2.99. The number of aromatic nitrogens is 2. The van der Waals surface area contributed by atoms with Gasteiger partial charge in [-0.05, 0) is 54.4 Å². The first-order chi connectivity index (χ1) is 14.5. The van der Waals surface area contributed by atoms with Gasteiger partial charge >= 0.3 is 0 Å². The first-order valence-corrected chi connectivity index (χ1v) is 9.28. The number of para-hydroxylation sites is 2. The molecule has 0 amide bonds. The van der Waals surface area contributed by atoms with Crippen molar-refractivity contribution < 1.29 is 14.9 Å². The fourth-order valence-electron chi connectivity index (χ4n) is 2.99. The summed E-state index contributed by atoms with van der Waals surface area (Å²) in [5, 5.41) is 23.8. The first-order valence-electron chi connectivity index (χ1n) is 9.28. The highest BCUT2D eigenvalue weighted by atomic mass is 16.5. The van der Waals surface area contributed by atoms with Gasteiger partial charge in [0.25, 0.3) is 5.56 Å². The van der Waals surface area contributed by atoms with Crippen LogP contribution in [-0.2, 0) is 6.61 Å². The molecular formula is C23H19N3O4. The zero-order valence-corrected chi connectivity index (χ0v) is 16.2. The van der Waals surface area contributed by atoms with E-state index in [4.69, 9.17) is 4.74 Å². The summed E-state index contributed by atoms with van der Waals surface area (Å²) in [6, 6.07) is 18.9. The third-order valence-electron chi connectivity index (χ3n) is 4.59. The van der Waals surface area contributed by atoms with Crippen molar-refractivity contribution in [3.05, 3.63) is 94.0 Å². The zero-order chi connectivity index (χ0) is 21.1. The summed E-state index contributed by atoms with van der Waals surface area (Å²) < 4.78 is 7.07. The SMILES string of the molecule is Cc1ccccc1OCc1nc2ccccc2c(=O)n1/N=C/c1ccc(O)c(O)c1. The zero-order valence-electron chi connectivity index (χ0n) is 16.2. The third kappa shape index (κ3) is 3.86. The Hall–Kier alpha value is -4.13. The Balaban J connectivity index is 1.75. The lowest BCUT2D eigenvalue weighted by molar-refractivity contribution is 0.287. The van der Waals surface area contributed by atoms with Crippen LogP contribution in [0.1, 0.15) is 17.0 Å². The van der Waals surface area contributed by atoms with Crippen LogP contribution in [0.4, 0.5) is 0 Å². The van der Waals surface area contributed by atoms with Crippen molar-refractivity contribution in [2.75, 3.05) is 0 Å². The highest BCUT2D eigenvalue weighted by Gasteiger charge is 2.12. The average molecular weight is 401 g/mol. The molecule has 0 aliphatic heterocycles. The van der Waals surface area contributed by atoms with Crippen molar-refractivity contribution in [3.8, 4) is 17.2 Å². The van der Waals surface area contributed by atoms with E-state index in [9.17, 15) is 15.0 Å². The number of rotatable bonds is 5. The van der Waals surface area contributed by atoms with E-state index in [1.165, 1.54) is 23.0 Å². The third-order valence-corrected chi connectivity index (χ3v) is 4.59. The Bertz CT molecular complexity index is 1310. The van der Waals surface area contributed by atoms with Gasteiger partial charge in [-0.1, -0.05) is 30.3 Å². The molecule has 150 valence electrons. The number of phenols is 2. The van der Waals surface area contributed by atoms with Gasteiger partial charge in [0.2, 0.25) is 0 Å². The number of benzene rings is 3. The maximum Gasteiger partial charge on any atom is 0.282 e.